The van der Waals surface area contributed by atoms with Crippen LogP contribution in [0.4, 0.5) is 0 Å². The molecule has 0 bridgehead atoms. The van der Waals surface area contributed by atoms with Gasteiger partial charge in [-0.05, 0) is 44.1 Å². The van der Waals surface area contributed by atoms with E-state index in [4.69, 9.17) is 0 Å². The number of hydrogen-bond donors (Lipinski definition) is 3. The first-order valence-electron chi connectivity index (χ1n) is 7.77. The van der Waals surface area contributed by atoms with Gasteiger partial charge in [0.15, 0.2) is 0 Å². The molecule has 3 N–H and O–H groups in total. The highest BCUT2D eigenvalue weighted by atomic mass is 16.3. The van der Waals surface area contributed by atoms with Crippen molar-refractivity contribution in [3.8, 4) is 0 Å². The van der Waals surface area contributed by atoms with E-state index < -0.39 is 12.2 Å². The molecule has 0 spiro atoms. The van der Waals surface area contributed by atoms with Crippen molar-refractivity contribution in [1.29, 1.82) is 0 Å². The maximum absolute atomic E-state index is 9.65. The van der Waals surface area contributed by atoms with Crippen LogP contribution in [0.1, 0.15) is 33.1 Å². The van der Waals surface area contributed by atoms with Crippen molar-refractivity contribution >= 4 is 0 Å². The minimum Gasteiger partial charge on any atom is -0.389 e. The van der Waals surface area contributed by atoms with E-state index in [1.807, 2.05) is 0 Å². The molecular weight excluding hydrogens is 240 g/mol. The van der Waals surface area contributed by atoms with Crippen LogP contribution in [0.15, 0.2) is 0 Å². The monoisotopic (exact) mass is 270 g/mol. The smallest absolute Gasteiger partial charge is 0.0938 e. The molecule has 1 aliphatic carbocycles. The molecule has 1 saturated carbocycles. The Morgan fingerprint density at radius 2 is 1.79 bits per heavy atom. The van der Waals surface area contributed by atoms with E-state index in [1.165, 1.54) is 19.3 Å². The predicted octanol–water partition coefficient (Wildman–Crippen LogP) is 0.684. The first-order valence-corrected chi connectivity index (χ1v) is 7.77. The summed E-state index contributed by atoms with van der Waals surface area (Å²) >= 11 is 0. The van der Waals surface area contributed by atoms with Gasteiger partial charge < -0.3 is 15.5 Å². The van der Waals surface area contributed by atoms with Gasteiger partial charge in [-0.3, -0.25) is 4.90 Å². The van der Waals surface area contributed by atoms with E-state index in [9.17, 15) is 10.2 Å². The van der Waals surface area contributed by atoms with Crippen molar-refractivity contribution in [2.24, 2.45) is 17.8 Å². The summed E-state index contributed by atoms with van der Waals surface area (Å²) in [4.78, 5) is 2.23. The van der Waals surface area contributed by atoms with Gasteiger partial charge in [-0.1, -0.05) is 13.8 Å². The maximum Gasteiger partial charge on any atom is 0.0938 e. The molecular formula is C15H30N2O2. The SMILES string of the molecule is CNC1CCC(C(C)C)CC1CN1CC(O)C(O)C1. The van der Waals surface area contributed by atoms with Crippen molar-refractivity contribution < 1.29 is 10.2 Å². The molecule has 1 aliphatic heterocycles. The van der Waals surface area contributed by atoms with Gasteiger partial charge in [0.2, 0.25) is 0 Å². The lowest BCUT2D eigenvalue weighted by molar-refractivity contribution is 0.0572. The molecule has 0 radical (unpaired) electrons. The number of nitrogens with zero attached hydrogens (tertiary/aromatic N) is 1. The number of likely N-dealkylation sites (tertiary alicyclic amines) is 1. The van der Waals surface area contributed by atoms with Crippen molar-refractivity contribution in [3.63, 3.8) is 0 Å². The van der Waals surface area contributed by atoms with E-state index in [2.05, 4.69) is 31.1 Å². The molecule has 2 fully saturated rings. The normalized spacial score (nSPS) is 41.1. The van der Waals surface area contributed by atoms with Crippen LogP contribution in [0, 0.1) is 17.8 Å². The molecule has 1 heterocycles. The summed E-state index contributed by atoms with van der Waals surface area (Å²) in [5, 5.41) is 22.8. The van der Waals surface area contributed by atoms with Gasteiger partial charge in [-0.2, -0.15) is 0 Å². The zero-order chi connectivity index (χ0) is 14.0. The van der Waals surface area contributed by atoms with Gasteiger partial charge in [0.25, 0.3) is 0 Å². The van der Waals surface area contributed by atoms with Gasteiger partial charge in [-0.15, -0.1) is 0 Å². The van der Waals surface area contributed by atoms with Crippen LogP contribution in [0.5, 0.6) is 0 Å². The van der Waals surface area contributed by atoms with Crippen molar-refractivity contribution in [3.05, 3.63) is 0 Å². The summed E-state index contributed by atoms with van der Waals surface area (Å²) in [5.74, 6) is 2.23. The summed E-state index contributed by atoms with van der Waals surface area (Å²) in [6.45, 7) is 6.90. The highest BCUT2D eigenvalue weighted by Crippen LogP contribution is 2.34. The molecule has 112 valence electrons. The molecule has 2 aliphatic rings. The second-order valence-electron chi connectivity index (χ2n) is 6.83. The van der Waals surface area contributed by atoms with Crippen LogP contribution in [-0.2, 0) is 0 Å². The molecule has 0 aromatic heterocycles. The molecule has 5 atom stereocenters. The molecule has 0 aromatic rings. The Bertz CT molecular complexity index is 275. The Hall–Kier alpha value is -0.160. The Labute approximate surface area is 117 Å². The fourth-order valence-electron chi connectivity index (χ4n) is 3.82. The number of β-amino-alcohol motifs (C(OH)–C–C–N with tert-alkyl or cyclic N) is 2. The molecule has 1 saturated heterocycles. The molecule has 2 rings (SSSR count). The predicted molar refractivity (Wildman–Crippen MR) is 77.0 cm³/mol. The fourth-order valence-corrected chi connectivity index (χ4v) is 3.82. The zero-order valence-electron chi connectivity index (χ0n) is 12.5. The average Bonchev–Trinajstić information content (AvgIpc) is 2.68. The third-order valence-corrected chi connectivity index (χ3v) is 5.16. The average molecular weight is 270 g/mol. The highest BCUT2D eigenvalue weighted by Gasteiger charge is 2.35. The van der Waals surface area contributed by atoms with Crippen LogP contribution < -0.4 is 5.32 Å². The van der Waals surface area contributed by atoms with E-state index in [-0.39, 0.29) is 0 Å². The van der Waals surface area contributed by atoms with E-state index in [0.29, 0.717) is 25.0 Å². The van der Waals surface area contributed by atoms with Crippen LogP contribution in [0.25, 0.3) is 0 Å². The van der Waals surface area contributed by atoms with Crippen LogP contribution in [0.3, 0.4) is 0 Å². The molecule has 5 unspecified atom stereocenters. The Morgan fingerprint density at radius 3 is 2.32 bits per heavy atom. The number of aliphatic hydroxyl groups is 2. The van der Waals surface area contributed by atoms with E-state index in [1.54, 1.807) is 0 Å². The van der Waals surface area contributed by atoms with Crippen LogP contribution in [-0.4, -0.2) is 60.0 Å². The second kappa shape index (κ2) is 6.53. The third-order valence-electron chi connectivity index (χ3n) is 5.16. The number of nitrogens with one attached hydrogen (secondary N) is 1. The van der Waals surface area contributed by atoms with E-state index >= 15 is 0 Å². The van der Waals surface area contributed by atoms with E-state index in [0.717, 1.165) is 18.4 Å². The zero-order valence-corrected chi connectivity index (χ0v) is 12.5. The topological polar surface area (TPSA) is 55.7 Å². The Kier molecular flexibility index (Phi) is 5.23. The molecule has 0 aromatic carbocycles. The molecule has 0 amide bonds. The second-order valence-corrected chi connectivity index (χ2v) is 6.83. The lowest BCUT2D eigenvalue weighted by Crippen LogP contribution is -2.45. The first kappa shape index (κ1) is 15.2. The van der Waals surface area contributed by atoms with Crippen molar-refractivity contribution in [2.45, 2.75) is 51.4 Å². The summed E-state index contributed by atoms with van der Waals surface area (Å²) in [6.07, 6.45) is 2.73. The largest absolute Gasteiger partial charge is 0.389 e. The van der Waals surface area contributed by atoms with Crippen molar-refractivity contribution in [1.82, 2.24) is 10.2 Å². The number of hydrogen-bond acceptors (Lipinski definition) is 4. The Balaban J connectivity index is 1.91. The maximum atomic E-state index is 9.65. The molecule has 19 heavy (non-hydrogen) atoms. The van der Waals surface area contributed by atoms with Gasteiger partial charge in [0, 0.05) is 25.7 Å². The fraction of sp³-hybridized carbons (Fsp3) is 1.00. The van der Waals surface area contributed by atoms with Crippen LogP contribution >= 0.6 is 0 Å². The van der Waals surface area contributed by atoms with Gasteiger partial charge >= 0.3 is 0 Å². The minimum absolute atomic E-state index is 0.558. The quantitative estimate of drug-likeness (QED) is 0.703. The minimum atomic E-state index is -0.558. The third kappa shape index (κ3) is 3.69. The van der Waals surface area contributed by atoms with Gasteiger partial charge in [0.05, 0.1) is 12.2 Å². The molecule has 4 nitrogen and oxygen atoms in total. The summed E-state index contributed by atoms with van der Waals surface area (Å²) in [5.41, 5.74) is 0. The van der Waals surface area contributed by atoms with Crippen LogP contribution in [0.2, 0.25) is 0 Å². The van der Waals surface area contributed by atoms with Gasteiger partial charge in [-0.25, -0.2) is 0 Å². The van der Waals surface area contributed by atoms with Crippen molar-refractivity contribution in [2.75, 3.05) is 26.7 Å². The molecule has 4 heteroatoms. The summed E-state index contributed by atoms with van der Waals surface area (Å²) in [6, 6.07) is 0.588. The standard InChI is InChI=1S/C15H30N2O2/c1-10(2)11-4-5-13(16-3)12(6-11)7-17-8-14(18)15(19)9-17/h10-16,18-19H,4-9H2,1-3H3. The number of aliphatic hydroxyl groups excluding tert-OH is 2. The lowest BCUT2D eigenvalue weighted by Gasteiger charge is -2.39. The summed E-state index contributed by atoms with van der Waals surface area (Å²) in [7, 11) is 2.06. The lowest BCUT2D eigenvalue weighted by atomic mass is 9.73. The number of rotatable bonds is 4. The highest BCUT2D eigenvalue weighted by molar-refractivity contribution is 4.90. The van der Waals surface area contributed by atoms with Gasteiger partial charge in [0.1, 0.15) is 0 Å². The summed E-state index contributed by atoms with van der Waals surface area (Å²) < 4.78 is 0. The Morgan fingerprint density at radius 1 is 1.16 bits per heavy atom. The first-order chi connectivity index (χ1) is 9.01.